The van der Waals surface area contributed by atoms with Gasteiger partial charge in [0, 0.05) is 10.0 Å². The van der Waals surface area contributed by atoms with Gasteiger partial charge in [-0.15, -0.1) is 0 Å². The average Bonchev–Trinajstić information content (AvgIpc) is 2.43. The molecule has 0 bridgehead atoms. The highest BCUT2D eigenvalue weighted by Gasteiger charge is 2.34. The largest absolute Gasteiger partial charge is 0.418 e. The zero-order valence-electron chi connectivity index (χ0n) is 11.1. The lowest BCUT2D eigenvalue weighted by molar-refractivity contribution is -0.136. The van der Waals surface area contributed by atoms with Gasteiger partial charge in [0.15, 0.2) is 0 Å². The monoisotopic (exact) mass is 382 g/mol. The Morgan fingerprint density at radius 1 is 0.870 bits per heavy atom. The van der Waals surface area contributed by atoms with Gasteiger partial charge in [-0.3, -0.25) is 0 Å². The molecule has 2 N–H and O–H groups in total. The molecular formula is C14H8Cl3F3N2O. The zero-order chi connectivity index (χ0) is 17.2. The van der Waals surface area contributed by atoms with Crippen LogP contribution in [0.2, 0.25) is 15.1 Å². The Kier molecular flexibility index (Phi) is 5.29. The third-order valence-corrected chi connectivity index (χ3v) is 3.51. The van der Waals surface area contributed by atoms with Crippen LogP contribution in [0.25, 0.3) is 0 Å². The summed E-state index contributed by atoms with van der Waals surface area (Å²) in [6.45, 7) is 0. The van der Waals surface area contributed by atoms with Crippen molar-refractivity contribution in [3.63, 3.8) is 0 Å². The number of carbonyl (C=O) groups excluding carboxylic acids is 1. The van der Waals surface area contributed by atoms with Gasteiger partial charge in [0.25, 0.3) is 0 Å². The third-order valence-electron chi connectivity index (χ3n) is 2.71. The molecule has 0 saturated carbocycles. The highest BCUT2D eigenvalue weighted by atomic mass is 35.5. The second-order valence-corrected chi connectivity index (χ2v) is 5.67. The molecule has 0 radical (unpaired) electrons. The maximum Gasteiger partial charge on any atom is 0.418 e. The van der Waals surface area contributed by atoms with Crippen LogP contribution in [0.5, 0.6) is 0 Å². The van der Waals surface area contributed by atoms with E-state index in [-0.39, 0.29) is 15.7 Å². The molecule has 9 heteroatoms. The first-order valence-corrected chi connectivity index (χ1v) is 7.20. The first-order valence-electron chi connectivity index (χ1n) is 6.06. The number of anilines is 2. The number of carbonyl (C=O) groups is 1. The summed E-state index contributed by atoms with van der Waals surface area (Å²) < 4.78 is 38.9. The van der Waals surface area contributed by atoms with Crippen molar-refractivity contribution in [3.8, 4) is 0 Å². The SMILES string of the molecule is O=C(Nc1cc(Cl)ccc1Cl)Nc1ccc(Cl)cc1C(F)(F)F. The highest BCUT2D eigenvalue weighted by molar-refractivity contribution is 6.35. The van der Waals surface area contributed by atoms with Crippen molar-refractivity contribution >= 4 is 52.2 Å². The number of hydrogen-bond acceptors (Lipinski definition) is 1. The van der Waals surface area contributed by atoms with Crippen LogP contribution in [0.3, 0.4) is 0 Å². The fraction of sp³-hybridized carbons (Fsp3) is 0.0714. The Bertz CT molecular complexity index is 751. The van der Waals surface area contributed by atoms with Crippen LogP contribution in [0.1, 0.15) is 5.56 Å². The topological polar surface area (TPSA) is 41.1 Å². The van der Waals surface area contributed by atoms with E-state index in [0.717, 1.165) is 12.1 Å². The van der Waals surface area contributed by atoms with E-state index in [9.17, 15) is 18.0 Å². The van der Waals surface area contributed by atoms with Gasteiger partial charge in [-0.05, 0) is 36.4 Å². The molecule has 0 aromatic heterocycles. The van der Waals surface area contributed by atoms with Crippen molar-refractivity contribution in [2.75, 3.05) is 10.6 Å². The summed E-state index contributed by atoms with van der Waals surface area (Å²) in [4.78, 5) is 11.9. The van der Waals surface area contributed by atoms with Crippen molar-refractivity contribution in [3.05, 3.63) is 57.0 Å². The molecule has 0 fully saturated rings. The van der Waals surface area contributed by atoms with Gasteiger partial charge >= 0.3 is 12.2 Å². The van der Waals surface area contributed by atoms with Crippen molar-refractivity contribution in [2.45, 2.75) is 6.18 Å². The number of benzene rings is 2. The molecule has 0 unspecified atom stereocenters. The summed E-state index contributed by atoms with van der Waals surface area (Å²) >= 11 is 17.2. The molecule has 0 aliphatic carbocycles. The summed E-state index contributed by atoms with van der Waals surface area (Å²) in [5, 5.41) is 4.84. The molecule has 2 aromatic carbocycles. The van der Waals surface area contributed by atoms with Crippen LogP contribution in [0, 0.1) is 0 Å². The van der Waals surface area contributed by atoms with Crippen LogP contribution in [-0.2, 0) is 6.18 Å². The van der Waals surface area contributed by atoms with Crippen LogP contribution in [0.15, 0.2) is 36.4 Å². The maximum absolute atomic E-state index is 13.0. The molecule has 0 aliphatic rings. The van der Waals surface area contributed by atoms with E-state index >= 15 is 0 Å². The van der Waals surface area contributed by atoms with Gasteiger partial charge in [-0.25, -0.2) is 4.79 Å². The normalized spacial score (nSPS) is 11.2. The summed E-state index contributed by atoms with van der Waals surface area (Å²) in [6, 6.07) is 6.45. The van der Waals surface area contributed by atoms with Gasteiger partial charge in [0.05, 0.1) is 22.0 Å². The molecule has 3 nitrogen and oxygen atoms in total. The fourth-order valence-corrected chi connectivity index (χ4v) is 2.24. The van der Waals surface area contributed by atoms with Gasteiger partial charge in [0.1, 0.15) is 0 Å². The molecule has 0 saturated heterocycles. The number of alkyl halides is 3. The molecule has 122 valence electrons. The molecule has 2 rings (SSSR count). The third kappa shape index (κ3) is 4.67. The predicted octanol–water partition coefficient (Wildman–Crippen LogP) is 6.31. The lowest BCUT2D eigenvalue weighted by atomic mass is 10.1. The Balaban J connectivity index is 2.22. The van der Waals surface area contributed by atoms with E-state index in [1.165, 1.54) is 24.3 Å². The molecule has 0 spiro atoms. The average molecular weight is 384 g/mol. The number of amides is 2. The summed E-state index contributed by atoms with van der Waals surface area (Å²) in [5.41, 5.74) is -1.32. The molecule has 0 heterocycles. The Morgan fingerprint density at radius 3 is 2.09 bits per heavy atom. The van der Waals surface area contributed by atoms with Crippen LogP contribution >= 0.6 is 34.8 Å². The Morgan fingerprint density at radius 2 is 1.43 bits per heavy atom. The molecule has 0 aliphatic heterocycles. The second kappa shape index (κ2) is 6.86. The molecule has 0 atom stereocenters. The van der Waals surface area contributed by atoms with Crippen molar-refractivity contribution in [1.29, 1.82) is 0 Å². The Labute approximate surface area is 144 Å². The number of halogens is 6. The van der Waals surface area contributed by atoms with Crippen LogP contribution in [-0.4, -0.2) is 6.03 Å². The molecule has 23 heavy (non-hydrogen) atoms. The van der Waals surface area contributed by atoms with Gasteiger partial charge in [-0.1, -0.05) is 34.8 Å². The standard InChI is InChI=1S/C14H8Cl3F3N2O/c15-7-2-4-11(9(5-7)14(18,19)20)21-13(23)22-12-6-8(16)1-3-10(12)17/h1-6H,(H2,21,22,23). The minimum atomic E-state index is -4.67. The number of rotatable bonds is 2. The summed E-state index contributed by atoms with van der Waals surface area (Å²) in [5.74, 6) is 0. The quantitative estimate of drug-likeness (QED) is 0.627. The van der Waals surface area contributed by atoms with E-state index < -0.39 is 23.5 Å². The minimum absolute atomic E-state index is 0.0961. The predicted molar refractivity (Wildman–Crippen MR) is 85.6 cm³/mol. The minimum Gasteiger partial charge on any atom is -0.307 e. The van der Waals surface area contributed by atoms with Crippen molar-refractivity contribution in [1.82, 2.24) is 0 Å². The number of nitrogens with one attached hydrogen (secondary N) is 2. The highest BCUT2D eigenvalue weighted by Crippen LogP contribution is 2.36. The summed E-state index contributed by atoms with van der Waals surface area (Å²) in [6.07, 6.45) is -4.67. The van der Waals surface area contributed by atoms with Crippen LogP contribution in [0.4, 0.5) is 29.3 Å². The lowest BCUT2D eigenvalue weighted by Crippen LogP contribution is -2.22. The van der Waals surface area contributed by atoms with Crippen LogP contribution < -0.4 is 10.6 Å². The first-order chi connectivity index (χ1) is 10.7. The summed E-state index contributed by atoms with van der Waals surface area (Å²) in [7, 11) is 0. The van der Waals surface area contributed by atoms with E-state index in [1.807, 2.05) is 0 Å². The maximum atomic E-state index is 13.0. The van der Waals surface area contributed by atoms with E-state index in [0.29, 0.717) is 5.02 Å². The fourth-order valence-electron chi connectivity index (χ4n) is 1.73. The zero-order valence-corrected chi connectivity index (χ0v) is 13.4. The van der Waals surface area contributed by atoms with E-state index in [2.05, 4.69) is 10.6 Å². The van der Waals surface area contributed by atoms with E-state index in [4.69, 9.17) is 34.8 Å². The molecular weight excluding hydrogens is 376 g/mol. The second-order valence-electron chi connectivity index (χ2n) is 4.39. The van der Waals surface area contributed by atoms with Crippen molar-refractivity contribution in [2.24, 2.45) is 0 Å². The number of hydrogen-bond donors (Lipinski definition) is 2. The number of urea groups is 1. The molecule has 2 aromatic rings. The smallest absolute Gasteiger partial charge is 0.307 e. The first kappa shape index (κ1) is 17.7. The molecule has 2 amide bonds. The lowest BCUT2D eigenvalue weighted by Gasteiger charge is -2.15. The Hall–Kier alpha value is -1.63. The van der Waals surface area contributed by atoms with Gasteiger partial charge < -0.3 is 10.6 Å². The van der Waals surface area contributed by atoms with Crippen molar-refractivity contribution < 1.29 is 18.0 Å². The van der Waals surface area contributed by atoms with Gasteiger partial charge in [0.2, 0.25) is 0 Å². The van der Waals surface area contributed by atoms with Gasteiger partial charge in [-0.2, -0.15) is 13.2 Å². The van der Waals surface area contributed by atoms with E-state index in [1.54, 1.807) is 0 Å².